The Labute approximate surface area is 126 Å². The number of hydrogen-bond donors (Lipinski definition) is 1. The Morgan fingerprint density at radius 1 is 1.57 bits per heavy atom. The number of carbonyl (C=O) groups excluding carboxylic acids is 1. The van der Waals surface area contributed by atoms with Gasteiger partial charge in [0.2, 0.25) is 0 Å². The van der Waals surface area contributed by atoms with E-state index >= 15 is 0 Å². The zero-order valence-corrected chi connectivity index (χ0v) is 13.4. The fourth-order valence-electron chi connectivity index (χ4n) is 3.09. The SMILES string of the molecule is CCCCn1ncc(C(=O)N2CCCC2CC(C)O)c1C. The number of hydrogen-bond acceptors (Lipinski definition) is 3. The zero-order valence-electron chi connectivity index (χ0n) is 13.4. The summed E-state index contributed by atoms with van der Waals surface area (Å²) in [5.41, 5.74) is 1.67. The maximum atomic E-state index is 12.7. The second-order valence-electron chi connectivity index (χ2n) is 6.10. The van der Waals surface area contributed by atoms with Crippen molar-refractivity contribution in [2.45, 2.75) is 71.6 Å². The maximum absolute atomic E-state index is 12.7. The summed E-state index contributed by atoms with van der Waals surface area (Å²) in [7, 11) is 0. The van der Waals surface area contributed by atoms with Gasteiger partial charge >= 0.3 is 0 Å². The van der Waals surface area contributed by atoms with Crippen LogP contribution in [0.1, 0.15) is 62.0 Å². The van der Waals surface area contributed by atoms with Gasteiger partial charge in [-0.05, 0) is 39.5 Å². The van der Waals surface area contributed by atoms with Crippen molar-refractivity contribution >= 4 is 5.91 Å². The first-order valence-electron chi connectivity index (χ1n) is 8.06. The first-order valence-corrected chi connectivity index (χ1v) is 8.06. The third-order valence-corrected chi connectivity index (χ3v) is 4.31. The van der Waals surface area contributed by atoms with Gasteiger partial charge in [-0.1, -0.05) is 13.3 Å². The average Bonchev–Trinajstić information content (AvgIpc) is 3.02. The molecule has 2 atom stereocenters. The third-order valence-electron chi connectivity index (χ3n) is 4.31. The number of nitrogens with zero attached hydrogens (tertiary/aromatic N) is 3. The van der Waals surface area contributed by atoms with Crippen molar-refractivity contribution in [2.24, 2.45) is 0 Å². The van der Waals surface area contributed by atoms with Crippen LogP contribution in [0, 0.1) is 6.92 Å². The molecule has 21 heavy (non-hydrogen) atoms. The lowest BCUT2D eigenvalue weighted by Gasteiger charge is -2.25. The highest BCUT2D eigenvalue weighted by atomic mass is 16.3. The molecule has 2 rings (SSSR count). The van der Waals surface area contributed by atoms with E-state index in [1.807, 2.05) is 16.5 Å². The molecule has 5 heteroatoms. The molecular formula is C16H27N3O2. The molecule has 1 aliphatic rings. The van der Waals surface area contributed by atoms with E-state index in [9.17, 15) is 9.90 Å². The lowest BCUT2D eigenvalue weighted by atomic mass is 10.1. The number of unbranched alkanes of at least 4 members (excludes halogenated alkanes) is 1. The number of aliphatic hydroxyl groups is 1. The van der Waals surface area contributed by atoms with Crippen molar-refractivity contribution in [1.29, 1.82) is 0 Å². The Kier molecular flexibility index (Phi) is 5.39. The molecule has 118 valence electrons. The van der Waals surface area contributed by atoms with Gasteiger partial charge in [0, 0.05) is 24.8 Å². The molecule has 0 radical (unpaired) electrons. The summed E-state index contributed by atoms with van der Waals surface area (Å²) in [6, 6.07) is 0.163. The summed E-state index contributed by atoms with van der Waals surface area (Å²) in [6.45, 7) is 7.56. The van der Waals surface area contributed by atoms with E-state index in [-0.39, 0.29) is 18.1 Å². The van der Waals surface area contributed by atoms with Crippen molar-refractivity contribution in [3.63, 3.8) is 0 Å². The van der Waals surface area contributed by atoms with Gasteiger partial charge in [0.05, 0.1) is 17.9 Å². The van der Waals surface area contributed by atoms with Gasteiger partial charge in [-0.3, -0.25) is 9.48 Å². The zero-order chi connectivity index (χ0) is 15.4. The summed E-state index contributed by atoms with van der Waals surface area (Å²) in [5, 5.41) is 13.9. The highest BCUT2D eigenvalue weighted by Gasteiger charge is 2.31. The van der Waals surface area contributed by atoms with E-state index in [0.717, 1.165) is 44.5 Å². The van der Waals surface area contributed by atoms with Crippen LogP contribution in [0.3, 0.4) is 0 Å². The number of amides is 1. The van der Waals surface area contributed by atoms with Gasteiger partial charge in [-0.2, -0.15) is 5.10 Å². The minimum atomic E-state index is -0.364. The highest BCUT2D eigenvalue weighted by molar-refractivity contribution is 5.95. The van der Waals surface area contributed by atoms with Crippen LogP contribution in [0.2, 0.25) is 0 Å². The molecular weight excluding hydrogens is 266 g/mol. The van der Waals surface area contributed by atoms with Crippen molar-refractivity contribution in [1.82, 2.24) is 14.7 Å². The number of rotatable bonds is 6. The molecule has 0 aromatic carbocycles. The first-order chi connectivity index (χ1) is 10.0. The summed E-state index contributed by atoms with van der Waals surface area (Å²) >= 11 is 0. The van der Waals surface area contributed by atoms with E-state index in [4.69, 9.17) is 0 Å². The molecule has 1 aromatic rings. The normalized spacial score (nSPS) is 20.0. The molecule has 0 bridgehead atoms. The highest BCUT2D eigenvalue weighted by Crippen LogP contribution is 2.24. The summed E-state index contributed by atoms with van der Waals surface area (Å²) in [6.07, 6.45) is 6.19. The number of aromatic nitrogens is 2. The van der Waals surface area contributed by atoms with Gasteiger partial charge in [0.1, 0.15) is 0 Å². The predicted molar refractivity (Wildman–Crippen MR) is 82.2 cm³/mol. The second kappa shape index (κ2) is 7.07. The van der Waals surface area contributed by atoms with E-state index < -0.39 is 0 Å². The Morgan fingerprint density at radius 2 is 2.33 bits per heavy atom. The van der Waals surface area contributed by atoms with Gasteiger partial charge in [0.15, 0.2) is 0 Å². The molecule has 1 N–H and O–H groups in total. The minimum Gasteiger partial charge on any atom is -0.393 e. The van der Waals surface area contributed by atoms with Crippen LogP contribution < -0.4 is 0 Å². The number of aryl methyl sites for hydroxylation is 1. The molecule has 1 fully saturated rings. The molecule has 2 unspecified atom stereocenters. The number of likely N-dealkylation sites (tertiary alicyclic amines) is 1. The minimum absolute atomic E-state index is 0.0680. The van der Waals surface area contributed by atoms with Crippen LogP contribution in [-0.2, 0) is 6.54 Å². The van der Waals surface area contributed by atoms with E-state index in [0.29, 0.717) is 12.0 Å². The summed E-state index contributed by atoms with van der Waals surface area (Å²) in [5.74, 6) is 0.0680. The standard InChI is InChI=1S/C16H27N3O2/c1-4-5-9-19-13(3)15(11-17-19)16(21)18-8-6-7-14(18)10-12(2)20/h11-12,14,20H,4-10H2,1-3H3. The first kappa shape index (κ1) is 16.0. The van der Waals surface area contributed by atoms with Gasteiger partial charge in [0.25, 0.3) is 5.91 Å². The monoisotopic (exact) mass is 293 g/mol. The molecule has 5 nitrogen and oxygen atoms in total. The fourth-order valence-corrected chi connectivity index (χ4v) is 3.09. The van der Waals surface area contributed by atoms with Gasteiger partial charge in [-0.25, -0.2) is 0 Å². The lowest BCUT2D eigenvalue weighted by molar-refractivity contribution is 0.0681. The average molecular weight is 293 g/mol. The Hall–Kier alpha value is -1.36. The number of aliphatic hydroxyl groups excluding tert-OH is 1. The fraction of sp³-hybridized carbons (Fsp3) is 0.750. The topological polar surface area (TPSA) is 58.4 Å². The van der Waals surface area contributed by atoms with Crippen LogP contribution in [0.25, 0.3) is 0 Å². The Balaban J connectivity index is 2.10. The van der Waals surface area contributed by atoms with Crippen LogP contribution in [-0.4, -0.2) is 44.4 Å². The molecule has 1 saturated heterocycles. The molecule has 1 aromatic heterocycles. The van der Waals surface area contributed by atoms with Crippen molar-refractivity contribution < 1.29 is 9.90 Å². The molecule has 0 spiro atoms. The maximum Gasteiger partial charge on any atom is 0.257 e. The molecule has 0 saturated carbocycles. The summed E-state index contributed by atoms with van der Waals surface area (Å²) in [4.78, 5) is 14.7. The van der Waals surface area contributed by atoms with Crippen LogP contribution in [0.4, 0.5) is 0 Å². The van der Waals surface area contributed by atoms with E-state index in [1.165, 1.54) is 0 Å². The second-order valence-corrected chi connectivity index (χ2v) is 6.10. The van der Waals surface area contributed by atoms with E-state index in [2.05, 4.69) is 12.0 Å². The molecule has 1 aliphatic heterocycles. The van der Waals surface area contributed by atoms with Crippen LogP contribution >= 0.6 is 0 Å². The number of carbonyl (C=O) groups is 1. The lowest BCUT2D eigenvalue weighted by Crippen LogP contribution is -2.37. The summed E-state index contributed by atoms with van der Waals surface area (Å²) < 4.78 is 1.93. The van der Waals surface area contributed by atoms with Crippen molar-refractivity contribution in [3.8, 4) is 0 Å². The smallest absolute Gasteiger partial charge is 0.257 e. The third kappa shape index (κ3) is 3.64. The quantitative estimate of drug-likeness (QED) is 0.876. The largest absolute Gasteiger partial charge is 0.393 e. The molecule has 2 heterocycles. The Bertz CT molecular complexity index is 482. The Morgan fingerprint density at radius 3 is 3.00 bits per heavy atom. The van der Waals surface area contributed by atoms with E-state index in [1.54, 1.807) is 13.1 Å². The van der Waals surface area contributed by atoms with Gasteiger partial charge < -0.3 is 10.0 Å². The van der Waals surface area contributed by atoms with Gasteiger partial charge in [-0.15, -0.1) is 0 Å². The van der Waals surface area contributed by atoms with Crippen LogP contribution in [0.5, 0.6) is 0 Å². The van der Waals surface area contributed by atoms with Crippen molar-refractivity contribution in [3.05, 3.63) is 17.5 Å². The molecule has 1 amide bonds. The predicted octanol–water partition coefficient (Wildman–Crippen LogP) is 2.37. The molecule has 0 aliphatic carbocycles. The van der Waals surface area contributed by atoms with Crippen molar-refractivity contribution in [2.75, 3.05) is 6.54 Å². The van der Waals surface area contributed by atoms with Crippen LogP contribution in [0.15, 0.2) is 6.20 Å².